The van der Waals surface area contributed by atoms with Crippen LogP contribution in [0.2, 0.25) is 0 Å². The molecule has 80 valence electrons. The third-order valence-corrected chi connectivity index (χ3v) is 3.82. The normalized spacial score (nSPS) is 24.7. The highest BCUT2D eigenvalue weighted by Gasteiger charge is 2.34. The Labute approximate surface area is 97.7 Å². The second kappa shape index (κ2) is 3.71. The van der Waals surface area contributed by atoms with E-state index in [1.54, 1.807) is 0 Å². The molecule has 1 atom stereocenters. The Kier molecular flexibility index (Phi) is 2.35. The van der Waals surface area contributed by atoms with Crippen LogP contribution < -0.4 is 9.47 Å². The zero-order chi connectivity index (χ0) is 10.3. The number of benzene rings is 1. The van der Waals surface area contributed by atoms with Gasteiger partial charge in [-0.25, -0.2) is 0 Å². The highest BCUT2D eigenvalue weighted by atomic mass is 79.9. The van der Waals surface area contributed by atoms with E-state index in [9.17, 15) is 0 Å². The molecule has 0 bridgehead atoms. The first-order valence-electron chi connectivity index (χ1n) is 5.46. The minimum absolute atomic E-state index is 0.0544. The molecule has 3 heteroatoms. The maximum Gasteiger partial charge on any atom is 0.244 e. The minimum Gasteiger partial charge on any atom is -0.451 e. The van der Waals surface area contributed by atoms with Gasteiger partial charge in [0.1, 0.15) is 0 Å². The highest BCUT2D eigenvalue weighted by molar-refractivity contribution is 9.10. The summed E-state index contributed by atoms with van der Waals surface area (Å²) in [5.41, 5.74) is 0. The summed E-state index contributed by atoms with van der Waals surface area (Å²) in [6.45, 7) is 0. The average Bonchev–Trinajstić information content (AvgIpc) is 2.86. The van der Waals surface area contributed by atoms with Gasteiger partial charge < -0.3 is 9.47 Å². The smallest absolute Gasteiger partial charge is 0.244 e. The summed E-state index contributed by atoms with van der Waals surface area (Å²) in [6.07, 6.45) is 5.03. The zero-order valence-electron chi connectivity index (χ0n) is 8.41. The Hall–Kier alpha value is -0.700. The molecular formula is C12H13BrO2. The second-order valence-corrected chi connectivity index (χ2v) is 5.07. The Morgan fingerprint density at radius 1 is 1.13 bits per heavy atom. The molecule has 0 aromatic heterocycles. The van der Waals surface area contributed by atoms with Gasteiger partial charge in [0, 0.05) is 5.92 Å². The molecule has 1 saturated carbocycles. The number of rotatable bonds is 1. The van der Waals surface area contributed by atoms with Crippen LogP contribution in [0.3, 0.4) is 0 Å². The van der Waals surface area contributed by atoms with Crippen LogP contribution in [-0.4, -0.2) is 6.29 Å². The molecule has 1 aliphatic carbocycles. The number of ether oxygens (including phenoxy) is 2. The summed E-state index contributed by atoms with van der Waals surface area (Å²) in [4.78, 5) is 0. The van der Waals surface area contributed by atoms with Gasteiger partial charge in [-0.15, -0.1) is 0 Å². The number of hydrogen-bond acceptors (Lipinski definition) is 2. The van der Waals surface area contributed by atoms with Crippen LogP contribution in [0.15, 0.2) is 22.7 Å². The van der Waals surface area contributed by atoms with Crippen molar-refractivity contribution < 1.29 is 9.47 Å². The molecule has 1 heterocycles. The van der Waals surface area contributed by atoms with Gasteiger partial charge in [0.25, 0.3) is 0 Å². The fourth-order valence-electron chi connectivity index (χ4n) is 2.38. The molecule has 1 unspecified atom stereocenters. The second-order valence-electron chi connectivity index (χ2n) is 4.22. The van der Waals surface area contributed by atoms with Crippen molar-refractivity contribution in [1.29, 1.82) is 0 Å². The molecule has 0 radical (unpaired) electrons. The van der Waals surface area contributed by atoms with Gasteiger partial charge >= 0.3 is 0 Å². The molecule has 1 aliphatic heterocycles. The lowest BCUT2D eigenvalue weighted by molar-refractivity contribution is -0.00182. The summed E-state index contributed by atoms with van der Waals surface area (Å²) in [7, 11) is 0. The molecular weight excluding hydrogens is 256 g/mol. The van der Waals surface area contributed by atoms with Crippen molar-refractivity contribution in [2.75, 3.05) is 0 Å². The van der Waals surface area contributed by atoms with Crippen LogP contribution in [0.1, 0.15) is 25.7 Å². The molecule has 0 spiro atoms. The lowest BCUT2D eigenvalue weighted by atomic mass is 10.1. The predicted octanol–water partition coefficient (Wildman–Crippen LogP) is 3.74. The molecule has 1 fully saturated rings. The molecule has 3 rings (SSSR count). The Morgan fingerprint density at radius 2 is 1.93 bits per heavy atom. The van der Waals surface area contributed by atoms with Gasteiger partial charge in [0.15, 0.2) is 11.5 Å². The van der Waals surface area contributed by atoms with Crippen molar-refractivity contribution >= 4 is 15.9 Å². The molecule has 0 amide bonds. The van der Waals surface area contributed by atoms with Gasteiger partial charge in [0.2, 0.25) is 6.29 Å². The van der Waals surface area contributed by atoms with Crippen molar-refractivity contribution in [2.45, 2.75) is 32.0 Å². The summed E-state index contributed by atoms with van der Waals surface area (Å²) < 4.78 is 12.7. The molecule has 1 aromatic carbocycles. The third kappa shape index (κ3) is 1.63. The van der Waals surface area contributed by atoms with E-state index in [2.05, 4.69) is 15.9 Å². The quantitative estimate of drug-likeness (QED) is 0.773. The van der Waals surface area contributed by atoms with E-state index < -0.39 is 0 Å². The van der Waals surface area contributed by atoms with Gasteiger partial charge in [0.05, 0.1) is 4.47 Å². The Bertz CT molecular complexity index is 372. The lowest BCUT2D eigenvalue weighted by Gasteiger charge is -2.16. The standard InChI is InChI=1S/C12H13BrO2/c13-9-6-3-7-10-11(9)15-12(14-10)8-4-1-2-5-8/h3,6-8,12H,1-2,4-5H2. The first-order valence-corrected chi connectivity index (χ1v) is 6.26. The van der Waals surface area contributed by atoms with Crippen LogP contribution in [0.4, 0.5) is 0 Å². The topological polar surface area (TPSA) is 18.5 Å². The van der Waals surface area contributed by atoms with E-state index in [-0.39, 0.29) is 6.29 Å². The number of fused-ring (bicyclic) bond motifs is 1. The van der Waals surface area contributed by atoms with Crippen molar-refractivity contribution in [3.8, 4) is 11.5 Å². The SMILES string of the molecule is Brc1cccc2c1OC(C1CCCC1)O2. The average molecular weight is 269 g/mol. The molecule has 2 nitrogen and oxygen atoms in total. The van der Waals surface area contributed by atoms with E-state index in [0.717, 1.165) is 16.0 Å². The van der Waals surface area contributed by atoms with Gasteiger partial charge in [-0.1, -0.05) is 18.9 Å². The Balaban J connectivity index is 1.82. The molecule has 15 heavy (non-hydrogen) atoms. The van der Waals surface area contributed by atoms with Gasteiger partial charge in [-0.3, -0.25) is 0 Å². The summed E-state index contributed by atoms with van der Waals surface area (Å²) in [5.74, 6) is 2.32. The van der Waals surface area contributed by atoms with E-state index in [0.29, 0.717) is 5.92 Å². The van der Waals surface area contributed by atoms with Crippen LogP contribution in [-0.2, 0) is 0 Å². The van der Waals surface area contributed by atoms with Crippen molar-refractivity contribution in [3.63, 3.8) is 0 Å². The highest BCUT2D eigenvalue weighted by Crippen LogP contribution is 2.44. The largest absolute Gasteiger partial charge is 0.451 e. The molecule has 1 aromatic rings. The zero-order valence-corrected chi connectivity index (χ0v) is 10.00. The minimum atomic E-state index is -0.0544. The maximum atomic E-state index is 5.85. The number of halogens is 1. The van der Waals surface area contributed by atoms with Crippen LogP contribution in [0.5, 0.6) is 11.5 Å². The summed E-state index contributed by atoms with van der Waals surface area (Å²) in [6, 6.07) is 5.93. The van der Waals surface area contributed by atoms with E-state index in [1.165, 1.54) is 25.7 Å². The Morgan fingerprint density at radius 3 is 2.67 bits per heavy atom. The van der Waals surface area contributed by atoms with E-state index >= 15 is 0 Å². The number of para-hydroxylation sites is 1. The summed E-state index contributed by atoms with van der Waals surface area (Å²) >= 11 is 3.48. The van der Waals surface area contributed by atoms with Crippen LogP contribution in [0, 0.1) is 5.92 Å². The third-order valence-electron chi connectivity index (χ3n) is 3.19. The van der Waals surface area contributed by atoms with Crippen LogP contribution in [0.25, 0.3) is 0 Å². The first-order chi connectivity index (χ1) is 7.34. The predicted molar refractivity (Wildman–Crippen MR) is 61.1 cm³/mol. The summed E-state index contributed by atoms with van der Waals surface area (Å²) in [5, 5.41) is 0. The van der Waals surface area contributed by atoms with Crippen molar-refractivity contribution in [1.82, 2.24) is 0 Å². The van der Waals surface area contributed by atoms with Crippen molar-refractivity contribution in [3.05, 3.63) is 22.7 Å². The van der Waals surface area contributed by atoms with Gasteiger partial charge in [-0.2, -0.15) is 0 Å². The first kappa shape index (κ1) is 9.52. The molecule has 0 N–H and O–H groups in total. The lowest BCUT2D eigenvalue weighted by Crippen LogP contribution is -2.26. The fraction of sp³-hybridized carbons (Fsp3) is 0.500. The molecule has 0 saturated heterocycles. The molecule has 2 aliphatic rings. The van der Waals surface area contributed by atoms with Crippen molar-refractivity contribution in [2.24, 2.45) is 5.92 Å². The van der Waals surface area contributed by atoms with Gasteiger partial charge in [-0.05, 0) is 40.9 Å². The van der Waals surface area contributed by atoms with Crippen LogP contribution >= 0.6 is 15.9 Å². The monoisotopic (exact) mass is 268 g/mol. The van der Waals surface area contributed by atoms with E-state index in [4.69, 9.17) is 9.47 Å². The fourth-order valence-corrected chi connectivity index (χ4v) is 2.83. The van der Waals surface area contributed by atoms with E-state index in [1.807, 2.05) is 18.2 Å². The number of hydrogen-bond donors (Lipinski definition) is 0. The maximum absolute atomic E-state index is 5.85.